The normalized spacial score (nSPS) is 32.0. The third-order valence-corrected chi connectivity index (χ3v) is 11.8. The second kappa shape index (κ2) is 17.2. The third-order valence-electron chi connectivity index (χ3n) is 11.1. The number of carbonyl (C=O) groups is 2. The molecule has 3 rings (SSSR count). The molecule has 1 heterocycles. The second-order valence-electron chi connectivity index (χ2n) is 14.5. The fraction of sp³-hybridized carbons (Fsp3) is 0.750. The van der Waals surface area contributed by atoms with Crippen LogP contribution in [0.3, 0.4) is 0 Å². The van der Waals surface area contributed by atoms with Crippen LogP contribution >= 0.6 is 12.6 Å². The van der Waals surface area contributed by atoms with Gasteiger partial charge in [0.1, 0.15) is 10.8 Å². The Morgan fingerprint density at radius 3 is 2.32 bits per heavy atom. The molecule has 9 unspecified atom stereocenters. The minimum absolute atomic E-state index is 0.0262. The second-order valence-corrected chi connectivity index (χ2v) is 15.0. The molecule has 0 saturated heterocycles. The van der Waals surface area contributed by atoms with Crippen molar-refractivity contribution in [1.29, 1.82) is 0 Å². The Hall–Kier alpha value is -2.52. The van der Waals surface area contributed by atoms with Crippen molar-refractivity contribution >= 4 is 41.7 Å². The van der Waals surface area contributed by atoms with E-state index in [1.165, 1.54) is 19.3 Å². The smallest absolute Gasteiger partial charge is 0.370 e. The molecule has 47 heavy (non-hydrogen) atoms. The Labute approximate surface area is 284 Å². The van der Waals surface area contributed by atoms with Crippen LogP contribution in [0.2, 0.25) is 0 Å². The molecular formula is C36H57F3N5O2S+. The largest absolute Gasteiger partial charge is 0.391 e. The van der Waals surface area contributed by atoms with Gasteiger partial charge in [-0.05, 0) is 73.7 Å². The summed E-state index contributed by atoms with van der Waals surface area (Å²) in [6, 6.07) is -0.702. The Bertz CT molecular complexity index is 1250. The zero-order valence-corrected chi connectivity index (χ0v) is 29.6. The third kappa shape index (κ3) is 10.5. The average Bonchev–Trinajstić information content (AvgIpc) is 3.12. The van der Waals surface area contributed by atoms with Crippen LogP contribution in [0, 0.1) is 41.4 Å². The number of Topliss-reactive ketones (excluding diaryl/α,β-unsaturated/α-hetero) is 1. The highest BCUT2D eigenvalue weighted by atomic mass is 32.1. The van der Waals surface area contributed by atoms with Crippen LogP contribution in [-0.2, 0) is 9.59 Å². The molecule has 2 saturated carbocycles. The maximum atomic E-state index is 14.4. The molecule has 0 bridgehead atoms. The first kappa shape index (κ1) is 38.9. The van der Waals surface area contributed by atoms with Crippen LogP contribution in [0.5, 0.6) is 0 Å². The highest BCUT2D eigenvalue weighted by Crippen LogP contribution is 2.46. The Morgan fingerprint density at radius 2 is 1.66 bits per heavy atom. The molecule has 2 aliphatic carbocycles. The Kier molecular flexibility index (Phi) is 14.3. The highest BCUT2D eigenvalue weighted by molar-refractivity contribution is 7.82. The number of unbranched alkanes of at least 4 members (excludes halogenated alkanes) is 1. The van der Waals surface area contributed by atoms with Gasteiger partial charge in [-0.25, -0.2) is 0 Å². The standard InChI is InChI=1S/C36H56F3N5O2S/c1-20-12-8-7-9-13-27-24(5)34(47)32(44-29(27)16-15-20)25(6)33(46)23(4)28-18-26(36(37,38)39)19-30(22(3)21(28)2)43-31(45)14-10-11-17-42-35(40)41/h20-22,24,26-28,30,34H,4,6-19H2,1-3,5H3,(H5-,40,41,42,43,45,47)/p+1. The van der Waals surface area contributed by atoms with Crippen molar-refractivity contribution in [2.45, 2.75) is 122 Å². The van der Waals surface area contributed by atoms with Gasteiger partial charge in [0.05, 0.1) is 11.8 Å². The number of nitrogens with two attached hydrogens (primary N) is 2. The number of carbonyl (C=O) groups excluding carboxylic acids is 2. The molecule has 0 spiro atoms. The van der Waals surface area contributed by atoms with Crippen molar-refractivity contribution in [2.75, 3.05) is 6.54 Å². The van der Waals surface area contributed by atoms with E-state index in [2.05, 4.69) is 37.3 Å². The van der Waals surface area contributed by atoms with Gasteiger partial charge in [0.2, 0.25) is 5.91 Å². The number of amides is 1. The van der Waals surface area contributed by atoms with Crippen molar-refractivity contribution in [1.82, 2.24) is 9.98 Å². The number of hydrogen-bond donors (Lipinski definition) is 4. The van der Waals surface area contributed by atoms with Gasteiger partial charge < -0.3 is 16.8 Å². The number of rotatable bonds is 10. The van der Waals surface area contributed by atoms with E-state index in [0.29, 0.717) is 36.9 Å². The number of allylic oxidation sites excluding steroid dienone is 2. The fourth-order valence-electron chi connectivity index (χ4n) is 7.72. The minimum atomic E-state index is -4.50. The average molecular weight is 681 g/mol. The number of aliphatic imine (C=N–C) groups is 1. The first-order valence-corrected chi connectivity index (χ1v) is 18.0. The van der Waals surface area contributed by atoms with Crippen molar-refractivity contribution in [3.8, 4) is 0 Å². The van der Waals surface area contributed by atoms with Crippen molar-refractivity contribution < 1.29 is 22.8 Å². The fourth-order valence-corrected chi connectivity index (χ4v) is 8.14. The SMILES string of the molecule is C=C(C(=O)C(=C)C1CC(C(F)(F)F)CC(NC(=O)CCCCN=C(N)N)C(C)C1C)C1=[N+]=C2CCC(C)CCCCCC2C(C)C1S. The molecular weight excluding hydrogens is 623 g/mol. The number of hydrogen-bond acceptors (Lipinski definition) is 4. The van der Waals surface area contributed by atoms with Crippen LogP contribution in [0.25, 0.3) is 0 Å². The highest BCUT2D eigenvalue weighted by Gasteiger charge is 2.50. The van der Waals surface area contributed by atoms with E-state index in [9.17, 15) is 22.8 Å². The number of thiol groups is 1. The number of halogens is 3. The summed E-state index contributed by atoms with van der Waals surface area (Å²) in [4.78, 5) is 30.7. The van der Waals surface area contributed by atoms with Crippen LogP contribution in [-0.4, -0.2) is 53.1 Å². The molecule has 7 nitrogen and oxygen atoms in total. The van der Waals surface area contributed by atoms with Gasteiger partial charge >= 0.3 is 11.9 Å². The predicted octanol–water partition coefficient (Wildman–Crippen LogP) is 6.35. The van der Waals surface area contributed by atoms with E-state index in [1.807, 2.05) is 13.8 Å². The van der Waals surface area contributed by atoms with E-state index in [4.69, 9.17) is 28.8 Å². The molecule has 0 aromatic carbocycles. The zero-order valence-electron chi connectivity index (χ0n) is 28.7. The van der Waals surface area contributed by atoms with Crippen molar-refractivity contribution in [3.05, 3.63) is 24.3 Å². The Balaban J connectivity index is 1.82. The summed E-state index contributed by atoms with van der Waals surface area (Å²) >= 11 is 4.92. The number of alkyl halides is 3. The van der Waals surface area contributed by atoms with Crippen molar-refractivity contribution in [2.24, 2.45) is 57.9 Å². The number of guanidine groups is 1. The van der Waals surface area contributed by atoms with Crippen molar-refractivity contribution in [3.63, 3.8) is 0 Å². The molecule has 0 aromatic rings. The first-order valence-electron chi connectivity index (χ1n) is 17.5. The summed E-state index contributed by atoms with van der Waals surface area (Å²) in [5, 5.41) is 2.57. The topological polar surface area (TPSA) is 125 Å². The molecule has 3 aliphatic rings. The molecule has 0 aromatic heterocycles. The first-order chi connectivity index (χ1) is 22.0. The molecule has 2 fully saturated rings. The van der Waals surface area contributed by atoms with Gasteiger partial charge in [-0.2, -0.15) is 25.8 Å². The number of nitrogens with one attached hydrogen (secondary N) is 1. The number of nitrogens with zero attached hydrogens (tertiary/aromatic N) is 2. The summed E-state index contributed by atoms with van der Waals surface area (Å²) in [6.45, 7) is 16.8. The quantitative estimate of drug-likeness (QED) is 0.0408. The van der Waals surface area contributed by atoms with Crippen LogP contribution in [0.15, 0.2) is 29.3 Å². The monoisotopic (exact) mass is 680 g/mol. The maximum absolute atomic E-state index is 14.4. The summed E-state index contributed by atoms with van der Waals surface area (Å²) in [5.41, 5.74) is 12.6. The molecule has 9 atom stereocenters. The van der Waals surface area contributed by atoms with E-state index < -0.39 is 29.8 Å². The van der Waals surface area contributed by atoms with E-state index >= 15 is 0 Å². The van der Waals surface area contributed by atoms with Gasteiger partial charge in [-0.1, -0.05) is 71.2 Å². The number of ketones is 1. The van der Waals surface area contributed by atoms with E-state index in [-0.39, 0.29) is 65.3 Å². The maximum Gasteiger partial charge on any atom is 0.391 e. The summed E-state index contributed by atoms with van der Waals surface area (Å²) in [5.74, 6) is -2.87. The lowest BCUT2D eigenvalue weighted by Crippen LogP contribution is -2.43. The van der Waals surface area contributed by atoms with Gasteiger partial charge in [0.15, 0.2) is 11.7 Å². The Morgan fingerprint density at radius 1 is 0.979 bits per heavy atom. The minimum Gasteiger partial charge on any atom is -0.370 e. The van der Waals surface area contributed by atoms with E-state index in [0.717, 1.165) is 31.4 Å². The molecule has 1 amide bonds. The lowest BCUT2D eigenvalue weighted by molar-refractivity contribution is -0.181. The molecule has 0 radical (unpaired) electrons. The molecule has 1 aliphatic heterocycles. The predicted molar refractivity (Wildman–Crippen MR) is 189 cm³/mol. The van der Waals surface area contributed by atoms with Crippen LogP contribution in [0.1, 0.15) is 105 Å². The molecule has 264 valence electrons. The van der Waals surface area contributed by atoms with Gasteiger partial charge in [0, 0.05) is 25.4 Å². The van der Waals surface area contributed by atoms with Gasteiger partial charge in [0.25, 0.3) is 5.71 Å². The van der Waals surface area contributed by atoms with Crippen LogP contribution in [0.4, 0.5) is 13.2 Å². The van der Waals surface area contributed by atoms with Crippen LogP contribution < -0.4 is 21.5 Å². The lowest BCUT2D eigenvalue weighted by Gasteiger charge is -2.32. The number of fused-ring (bicyclic) bond motifs is 1. The van der Waals surface area contributed by atoms with E-state index in [1.54, 1.807) is 0 Å². The summed E-state index contributed by atoms with van der Waals surface area (Å²) in [6.07, 6.45) is 3.92. The zero-order chi connectivity index (χ0) is 35.1. The summed E-state index contributed by atoms with van der Waals surface area (Å²) < 4.78 is 48.3. The lowest BCUT2D eigenvalue weighted by atomic mass is 9.73. The summed E-state index contributed by atoms with van der Waals surface area (Å²) in [7, 11) is 0. The molecule has 11 heteroatoms. The van der Waals surface area contributed by atoms with Gasteiger partial charge in [-0.15, -0.1) is 0 Å². The van der Waals surface area contributed by atoms with Gasteiger partial charge in [-0.3, -0.25) is 14.6 Å². The molecule has 5 N–H and O–H groups in total.